The normalized spacial score (nSPS) is 10.5. The molecule has 1 amide bonds. The van der Waals surface area contributed by atoms with Crippen LogP contribution in [0.25, 0.3) is 0 Å². The van der Waals surface area contributed by atoms with Crippen molar-refractivity contribution in [1.29, 1.82) is 0 Å². The summed E-state index contributed by atoms with van der Waals surface area (Å²) in [4.78, 5) is 31.8. The van der Waals surface area contributed by atoms with Crippen LogP contribution in [0.3, 0.4) is 0 Å². The number of amides is 1. The van der Waals surface area contributed by atoms with Crippen LogP contribution in [0.5, 0.6) is 0 Å². The number of nitrogens with two attached hydrogens (primary N) is 1. The number of hydrogen-bond donors (Lipinski definition) is 2. The Morgan fingerprint density at radius 1 is 0.968 bits per heavy atom. The summed E-state index contributed by atoms with van der Waals surface area (Å²) < 4.78 is 5.03. The molecule has 0 aliphatic carbocycles. The fourth-order valence-corrected chi connectivity index (χ4v) is 2.51. The molecule has 2 aromatic rings. The number of halogens is 2. The van der Waals surface area contributed by atoms with E-state index in [2.05, 4.69) is 5.32 Å². The van der Waals surface area contributed by atoms with E-state index < -0.39 is 21.5 Å². The van der Waals surface area contributed by atoms with Crippen LogP contribution in [0.15, 0.2) is 24.3 Å². The van der Waals surface area contributed by atoms with E-state index in [-0.39, 0.29) is 22.7 Å². The molecule has 10 nitrogen and oxygen atoms in total. The second-order valence-electron chi connectivity index (χ2n) is 7.42. The van der Waals surface area contributed by atoms with Crippen molar-refractivity contribution in [3.8, 4) is 0 Å². The lowest BCUT2D eigenvalue weighted by Crippen LogP contribution is -2.27. The number of carbonyl (C=O) groups is 1. The van der Waals surface area contributed by atoms with Crippen molar-refractivity contribution in [2.24, 2.45) is 0 Å². The Bertz CT molecular complexity index is 1020. The van der Waals surface area contributed by atoms with Gasteiger partial charge in [0.1, 0.15) is 17.0 Å². The van der Waals surface area contributed by atoms with Crippen LogP contribution in [0, 0.1) is 34.1 Å². The number of anilines is 2. The summed E-state index contributed by atoms with van der Waals surface area (Å²) in [6.07, 6.45) is -0.768. The molecular formula is C19H22Cl2N4O6. The molecule has 2 aromatic carbocycles. The minimum Gasteiger partial charge on any atom is -0.444 e. The second-order valence-corrected chi connectivity index (χ2v) is 8.23. The van der Waals surface area contributed by atoms with Gasteiger partial charge in [0.2, 0.25) is 0 Å². The molecule has 31 heavy (non-hydrogen) atoms. The zero-order chi connectivity index (χ0) is 24.1. The van der Waals surface area contributed by atoms with E-state index in [0.717, 1.165) is 0 Å². The third kappa shape index (κ3) is 7.91. The molecule has 0 spiro atoms. The van der Waals surface area contributed by atoms with Gasteiger partial charge < -0.3 is 10.5 Å². The average Bonchev–Trinajstić information content (AvgIpc) is 2.59. The summed E-state index contributed by atoms with van der Waals surface area (Å²) in [5.74, 6) is 0. The van der Waals surface area contributed by atoms with E-state index in [1.54, 1.807) is 34.6 Å². The maximum absolute atomic E-state index is 11.6. The highest BCUT2D eigenvalue weighted by molar-refractivity contribution is 6.32. The van der Waals surface area contributed by atoms with Gasteiger partial charge in [-0.05, 0) is 57.9 Å². The van der Waals surface area contributed by atoms with Crippen LogP contribution in [0.2, 0.25) is 10.0 Å². The molecule has 0 aromatic heterocycles. The fraction of sp³-hybridized carbons (Fsp3) is 0.316. The van der Waals surface area contributed by atoms with Crippen molar-refractivity contribution in [3.63, 3.8) is 0 Å². The van der Waals surface area contributed by atoms with Crippen molar-refractivity contribution in [3.05, 3.63) is 65.7 Å². The summed E-state index contributed by atoms with van der Waals surface area (Å²) in [5.41, 5.74) is 5.66. The lowest BCUT2D eigenvalue weighted by Gasteiger charge is -2.19. The van der Waals surface area contributed by atoms with Crippen LogP contribution in [-0.2, 0) is 4.74 Å². The standard InChI is InChI=1S/C12H15ClN2O4.C7H7ClN2O2/c1-7-5-10(15(17)18)9(6-8(7)13)14-11(16)19-12(2,3)4;1-4-2-7(10(11)12)6(9)3-5(4)8/h5-6H,1-4H3,(H,14,16);2-3H,9H2,1H3. The first kappa shape index (κ1) is 25.9. The lowest BCUT2D eigenvalue weighted by molar-refractivity contribution is -0.384. The molecule has 12 heteroatoms. The highest BCUT2D eigenvalue weighted by Crippen LogP contribution is 2.31. The van der Waals surface area contributed by atoms with E-state index >= 15 is 0 Å². The number of nitrogens with one attached hydrogen (secondary N) is 1. The Labute approximate surface area is 188 Å². The second kappa shape index (κ2) is 10.3. The largest absolute Gasteiger partial charge is 0.444 e. The van der Waals surface area contributed by atoms with E-state index in [1.807, 2.05) is 0 Å². The third-order valence-electron chi connectivity index (χ3n) is 3.61. The first-order chi connectivity index (χ1) is 14.1. The number of nitrogens with zero attached hydrogens (tertiary/aromatic N) is 2. The molecule has 0 saturated carbocycles. The van der Waals surface area contributed by atoms with Crippen LogP contribution in [0.4, 0.5) is 27.5 Å². The van der Waals surface area contributed by atoms with E-state index in [1.165, 1.54) is 24.3 Å². The maximum Gasteiger partial charge on any atom is 0.412 e. The Morgan fingerprint density at radius 3 is 1.87 bits per heavy atom. The molecule has 0 aliphatic rings. The lowest BCUT2D eigenvalue weighted by atomic mass is 10.2. The number of carbonyl (C=O) groups excluding carboxylic acids is 1. The summed E-state index contributed by atoms with van der Waals surface area (Å²) >= 11 is 11.6. The van der Waals surface area contributed by atoms with Gasteiger partial charge in [0.15, 0.2) is 0 Å². The molecule has 0 bridgehead atoms. The highest BCUT2D eigenvalue weighted by atomic mass is 35.5. The van der Waals surface area contributed by atoms with Gasteiger partial charge in [-0.1, -0.05) is 23.2 Å². The molecule has 0 fully saturated rings. The smallest absolute Gasteiger partial charge is 0.412 e. The molecule has 0 atom stereocenters. The Hall–Kier alpha value is -3.11. The van der Waals surface area contributed by atoms with Crippen LogP contribution < -0.4 is 11.1 Å². The molecule has 3 N–H and O–H groups in total. The molecular weight excluding hydrogens is 451 g/mol. The molecule has 2 rings (SSSR count). The summed E-state index contributed by atoms with van der Waals surface area (Å²) in [5, 5.41) is 24.4. The summed E-state index contributed by atoms with van der Waals surface area (Å²) in [7, 11) is 0. The van der Waals surface area contributed by atoms with Crippen molar-refractivity contribution in [2.45, 2.75) is 40.2 Å². The van der Waals surface area contributed by atoms with Gasteiger partial charge in [0.05, 0.1) is 9.85 Å². The van der Waals surface area contributed by atoms with Crippen molar-refractivity contribution < 1.29 is 19.4 Å². The number of benzene rings is 2. The molecule has 168 valence electrons. The molecule has 0 radical (unpaired) electrons. The molecule has 0 saturated heterocycles. The minimum atomic E-state index is -0.768. The van der Waals surface area contributed by atoms with Crippen molar-refractivity contribution in [2.75, 3.05) is 11.1 Å². The zero-order valence-corrected chi connectivity index (χ0v) is 19.0. The van der Waals surface area contributed by atoms with Gasteiger partial charge in [-0.2, -0.15) is 0 Å². The first-order valence-electron chi connectivity index (χ1n) is 8.77. The van der Waals surface area contributed by atoms with Crippen molar-refractivity contribution in [1.82, 2.24) is 0 Å². The predicted molar refractivity (Wildman–Crippen MR) is 120 cm³/mol. The van der Waals surface area contributed by atoms with Crippen LogP contribution in [0.1, 0.15) is 31.9 Å². The first-order valence-corrected chi connectivity index (χ1v) is 9.52. The van der Waals surface area contributed by atoms with Crippen LogP contribution in [-0.4, -0.2) is 21.5 Å². The molecule has 0 aliphatic heterocycles. The van der Waals surface area contributed by atoms with Gasteiger partial charge in [-0.25, -0.2) is 4.79 Å². The van der Waals surface area contributed by atoms with E-state index in [4.69, 9.17) is 33.7 Å². The van der Waals surface area contributed by atoms with Crippen molar-refractivity contribution >= 4 is 52.0 Å². The van der Waals surface area contributed by atoms with E-state index in [0.29, 0.717) is 21.2 Å². The molecule has 0 heterocycles. The number of aryl methyl sites for hydroxylation is 2. The van der Waals surface area contributed by atoms with Gasteiger partial charge in [0.25, 0.3) is 11.4 Å². The summed E-state index contributed by atoms with van der Waals surface area (Å²) in [6, 6.07) is 5.38. The number of nitro groups is 2. The predicted octanol–water partition coefficient (Wildman–Crippen LogP) is 6.04. The number of nitrogen functional groups attached to an aromatic ring is 1. The van der Waals surface area contributed by atoms with Gasteiger partial charge >= 0.3 is 6.09 Å². The SMILES string of the molecule is Cc1cc([N+](=O)[O-])c(N)cc1Cl.Cc1cc([N+](=O)[O-])c(NC(=O)OC(C)(C)C)cc1Cl. The highest BCUT2D eigenvalue weighted by Gasteiger charge is 2.21. The Morgan fingerprint density at radius 2 is 1.42 bits per heavy atom. The maximum atomic E-state index is 11.6. The van der Waals surface area contributed by atoms with Gasteiger partial charge in [-0.3, -0.25) is 25.5 Å². The summed E-state index contributed by atoms with van der Waals surface area (Å²) in [6.45, 7) is 8.43. The third-order valence-corrected chi connectivity index (χ3v) is 4.43. The van der Waals surface area contributed by atoms with Gasteiger partial charge in [0, 0.05) is 22.2 Å². The van der Waals surface area contributed by atoms with E-state index in [9.17, 15) is 25.0 Å². The van der Waals surface area contributed by atoms with Gasteiger partial charge in [-0.15, -0.1) is 0 Å². The van der Waals surface area contributed by atoms with Crippen LogP contribution >= 0.6 is 23.2 Å². The monoisotopic (exact) mass is 472 g/mol. The molecule has 0 unspecified atom stereocenters. The number of ether oxygens (including phenoxy) is 1. The quantitative estimate of drug-likeness (QED) is 0.313. The number of nitro benzene ring substituents is 2. The number of rotatable bonds is 3. The number of hydrogen-bond acceptors (Lipinski definition) is 7. The zero-order valence-electron chi connectivity index (χ0n) is 17.5. The fourth-order valence-electron chi connectivity index (χ4n) is 2.17. The minimum absolute atomic E-state index is 0.00912. The Kier molecular flexibility index (Phi) is 8.59. The average molecular weight is 473 g/mol. The Balaban J connectivity index is 0.000000343. The topological polar surface area (TPSA) is 151 Å².